The second kappa shape index (κ2) is 10.3. The number of anilines is 1. The number of guanidine groups is 1. The molecule has 0 fully saturated rings. The Morgan fingerprint density at radius 2 is 1.73 bits per heavy atom. The summed E-state index contributed by atoms with van der Waals surface area (Å²) in [6.07, 6.45) is 0. The summed E-state index contributed by atoms with van der Waals surface area (Å²) in [4.78, 5) is 4.30. The van der Waals surface area contributed by atoms with E-state index in [0.717, 1.165) is 17.2 Å². The van der Waals surface area contributed by atoms with E-state index in [9.17, 15) is 0 Å². The zero-order valence-corrected chi connectivity index (χ0v) is 18.1. The molecule has 0 bridgehead atoms. The van der Waals surface area contributed by atoms with Gasteiger partial charge in [0.2, 0.25) is 0 Å². The molecule has 142 valence electrons. The third-order valence-corrected chi connectivity index (χ3v) is 3.69. The Kier molecular flexibility index (Phi) is 8.71. The van der Waals surface area contributed by atoms with Crippen molar-refractivity contribution in [2.75, 3.05) is 25.6 Å². The first-order valence-corrected chi connectivity index (χ1v) is 8.33. The highest BCUT2D eigenvalue weighted by molar-refractivity contribution is 14.0. The average molecular weight is 469 g/mol. The normalized spacial score (nSPS) is 11.5. The topological polar surface area (TPSA) is 68.9 Å². The Hall–Kier alpha value is -1.96. The fourth-order valence-electron chi connectivity index (χ4n) is 2.40. The van der Waals surface area contributed by atoms with Crippen LogP contribution in [0.25, 0.3) is 0 Å². The number of nitrogens with two attached hydrogens (primary N) is 1. The Bertz CT molecular complexity index is 710. The van der Waals surface area contributed by atoms with Crippen molar-refractivity contribution >= 4 is 35.6 Å². The molecule has 0 aromatic heterocycles. The lowest BCUT2D eigenvalue weighted by Crippen LogP contribution is -2.23. The van der Waals surface area contributed by atoms with Crippen molar-refractivity contribution in [2.24, 2.45) is 10.7 Å². The lowest BCUT2D eigenvalue weighted by molar-refractivity contribution is 0.319. The summed E-state index contributed by atoms with van der Waals surface area (Å²) in [6, 6.07) is 15.6. The van der Waals surface area contributed by atoms with Gasteiger partial charge in [0.05, 0.1) is 13.7 Å². The number of nitrogens with one attached hydrogen (secondary N) is 1. The highest BCUT2D eigenvalue weighted by Crippen LogP contribution is 2.30. The number of rotatable bonds is 6. The molecule has 2 aromatic rings. The molecule has 0 aliphatic rings. The first-order valence-electron chi connectivity index (χ1n) is 8.33. The van der Waals surface area contributed by atoms with Crippen LogP contribution in [0.1, 0.15) is 26.3 Å². The molecule has 0 saturated carbocycles. The van der Waals surface area contributed by atoms with Crippen molar-refractivity contribution in [3.63, 3.8) is 0 Å². The number of nitrogens with zero attached hydrogens (tertiary/aromatic N) is 1. The van der Waals surface area contributed by atoms with Crippen LogP contribution in [0.3, 0.4) is 0 Å². The van der Waals surface area contributed by atoms with E-state index in [-0.39, 0.29) is 29.4 Å². The summed E-state index contributed by atoms with van der Waals surface area (Å²) in [5.41, 5.74) is 7.99. The number of methoxy groups -OCH3 is 1. The number of hydrogen-bond donors (Lipinski definition) is 2. The van der Waals surface area contributed by atoms with Gasteiger partial charge < -0.3 is 20.5 Å². The molecule has 2 aromatic carbocycles. The van der Waals surface area contributed by atoms with Gasteiger partial charge in [-0.05, 0) is 41.3 Å². The number of aliphatic imine (C=N–C) groups is 1. The van der Waals surface area contributed by atoms with E-state index in [1.165, 1.54) is 5.56 Å². The van der Waals surface area contributed by atoms with Crippen LogP contribution in [-0.2, 0) is 5.41 Å². The molecule has 0 amide bonds. The van der Waals surface area contributed by atoms with Crippen molar-refractivity contribution in [3.8, 4) is 11.5 Å². The van der Waals surface area contributed by atoms with Gasteiger partial charge in [0.15, 0.2) is 5.96 Å². The van der Waals surface area contributed by atoms with E-state index in [4.69, 9.17) is 15.2 Å². The second-order valence-corrected chi connectivity index (χ2v) is 6.72. The maximum absolute atomic E-state index is 5.91. The number of ether oxygens (including phenoxy) is 2. The summed E-state index contributed by atoms with van der Waals surface area (Å²) < 4.78 is 11.0. The van der Waals surface area contributed by atoms with Gasteiger partial charge >= 0.3 is 0 Å². The predicted molar refractivity (Wildman–Crippen MR) is 119 cm³/mol. The lowest BCUT2D eigenvalue weighted by atomic mass is 9.86. The molecule has 5 nitrogen and oxygen atoms in total. The molecule has 2 rings (SSSR count). The third-order valence-electron chi connectivity index (χ3n) is 3.69. The Morgan fingerprint density at radius 1 is 1.08 bits per heavy atom. The van der Waals surface area contributed by atoms with Crippen molar-refractivity contribution in [1.29, 1.82) is 0 Å². The molecule has 0 heterocycles. The van der Waals surface area contributed by atoms with E-state index in [0.29, 0.717) is 19.1 Å². The minimum absolute atomic E-state index is 0. The van der Waals surface area contributed by atoms with Crippen LogP contribution < -0.4 is 20.5 Å². The molecule has 3 N–H and O–H groups in total. The van der Waals surface area contributed by atoms with Crippen LogP contribution in [0.5, 0.6) is 11.5 Å². The predicted octanol–water partition coefficient (Wildman–Crippen LogP) is 4.42. The van der Waals surface area contributed by atoms with Gasteiger partial charge in [-0.15, -0.1) is 24.0 Å². The molecule has 0 radical (unpaired) electrons. The fraction of sp³-hybridized carbons (Fsp3) is 0.350. The zero-order valence-electron chi connectivity index (χ0n) is 15.8. The van der Waals surface area contributed by atoms with Crippen LogP contribution in [0, 0.1) is 0 Å². The van der Waals surface area contributed by atoms with Gasteiger partial charge in [0.1, 0.15) is 18.1 Å². The van der Waals surface area contributed by atoms with Gasteiger partial charge in [-0.2, -0.15) is 0 Å². The summed E-state index contributed by atoms with van der Waals surface area (Å²) in [5.74, 6) is 2.05. The van der Waals surface area contributed by atoms with E-state index >= 15 is 0 Å². The Balaban J connectivity index is 0.00000338. The molecule has 6 heteroatoms. The lowest BCUT2D eigenvalue weighted by Gasteiger charge is -2.22. The second-order valence-electron chi connectivity index (χ2n) is 6.72. The molecule has 0 saturated heterocycles. The van der Waals surface area contributed by atoms with E-state index < -0.39 is 0 Å². The minimum Gasteiger partial charge on any atom is -0.497 e. The van der Waals surface area contributed by atoms with Crippen LogP contribution in [0.4, 0.5) is 5.69 Å². The molecular formula is C20H28IN3O2. The monoisotopic (exact) mass is 469 g/mol. The average Bonchev–Trinajstić information content (AvgIpc) is 2.59. The number of hydrogen-bond acceptors (Lipinski definition) is 3. The van der Waals surface area contributed by atoms with Crippen LogP contribution >= 0.6 is 24.0 Å². The van der Waals surface area contributed by atoms with Crippen molar-refractivity contribution in [1.82, 2.24) is 0 Å². The summed E-state index contributed by atoms with van der Waals surface area (Å²) in [6.45, 7) is 7.46. The van der Waals surface area contributed by atoms with Crippen LogP contribution in [-0.4, -0.2) is 26.2 Å². The van der Waals surface area contributed by atoms with Gasteiger partial charge in [-0.1, -0.05) is 39.0 Å². The fourth-order valence-corrected chi connectivity index (χ4v) is 2.40. The molecule has 0 aliphatic carbocycles. The van der Waals surface area contributed by atoms with E-state index in [1.54, 1.807) is 7.11 Å². The maximum Gasteiger partial charge on any atom is 0.193 e. The molecule has 0 spiro atoms. The molecular weight excluding hydrogens is 441 g/mol. The van der Waals surface area contributed by atoms with Crippen molar-refractivity contribution in [3.05, 3.63) is 54.1 Å². The smallest absolute Gasteiger partial charge is 0.193 e. The van der Waals surface area contributed by atoms with Gasteiger partial charge in [-0.3, -0.25) is 0 Å². The summed E-state index contributed by atoms with van der Waals surface area (Å²) in [5, 5.41) is 3.04. The molecule has 0 unspecified atom stereocenters. The van der Waals surface area contributed by atoms with Gasteiger partial charge in [0.25, 0.3) is 0 Å². The summed E-state index contributed by atoms with van der Waals surface area (Å²) in [7, 11) is 1.63. The van der Waals surface area contributed by atoms with Crippen molar-refractivity contribution < 1.29 is 9.47 Å². The quantitative estimate of drug-likeness (QED) is 0.285. The molecule has 0 atom stereocenters. The summed E-state index contributed by atoms with van der Waals surface area (Å²) >= 11 is 0. The van der Waals surface area contributed by atoms with Crippen molar-refractivity contribution in [2.45, 2.75) is 26.2 Å². The highest BCUT2D eigenvalue weighted by atomic mass is 127. The minimum atomic E-state index is 0. The first kappa shape index (κ1) is 22.1. The van der Waals surface area contributed by atoms with Crippen LogP contribution in [0.2, 0.25) is 0 Å². The highest BCUT2D eigenvalue weighted by Gasteiger charge is 2.18. The number of para-hydroxylation sites is 1. The Labute approximate surface area is 173 Å². The van der Waals surface area contributed by atoms with Gasteiger partial charge in [-0.25, -0.2) is 4.99 Å². The largest absolute Gasteiger partial charge is 0.497 e. The third kappa shape index (κ3) is 6.74. The van der Waals surface area contributed by atoms with E-state index in [2.05, 4.69) is 37.1 Å². The maximum atomic E-state index is 5.91. The van der Waals surface area contributed by atoms with Gasteiger partial charge in [0, 0.05) is 5.69 Å². The standard InChI is InChI=1S/C20H27N3O2.HI/c1-20(2,3)17-7-5-6-8-18(17)25-14-13-22-19(21)23-15-9-11-16(24-4)12-10-15;/h5-12H,13-14H2,1-4H3,(H3,21,22,23);1H. The molecule has 0 aliphatic heterocycles. The number of halogens is 1. The Morgan fingerprint density at radius 3 is 2.35 bits per heavy atom. The van der Waals surface area contributed by atoms with E-state index in [1.807, 2.05) is 42.5 Å². The van der Waals surface area contributed by atoms with Crippen LogP contribution in [0.15, 0.2) is 53.5 Å². The first-order chi connectivity index (χ1) is 11.9. The molecule has 26 heavy (non-hydrogen) atoms. The SMILES string of the molecule is COc1ccc(NC(N)=NCCOc2ccccc2C(C)(C)C)cc1.I. The zero-order chi connectivity index (χ0) is 18.3. The number of benzene rings is 2.